The molecule has 0 aliphatic rings. The molecule has 1 heterocycles. The van der Waals surface area contributed by atoms with Crippen LogP contribution in [-0.4, -0.2) is 13.4 Å². The molecule has 0 spiro atoms. The van der Waals surface area contributed by atoms with Crippen LogP contribution in [0.5, 0.6) is 0 Å². The summed E-state index contributed by atoms with van der Waals surface area (Å²) in [4.78, 5) is 3.48. The minimum Gasteiger partial charge on any atom is -0.361 e. The van der Waals surface area contributed by atoms with Gasteiger partial charge in [0.15, 0.2) is 0 Å². The molecule has 0 unspecified atom stereocenters. The molecule has 4 nitrogen and oxygen atoms in total. The number of fused-ring (bicyclic) bond motifs is 1. The van der Waals surface area contributed by atoms with Crippen molar-refractivity contribution in [2.24, 2.45) is 0 Å². The largest absolute Gasteiger partial charge is 0.361 e. The molecule has 0 bridgehead atoms. The zero-order valence-electron chi connectivity index (χ0n) is 14.0. The number of hydrogen-bond acceptors (Lipinski definition) is 2. The molecule has 0 radical (unpaired) electrons. The van der Waals surface area contributed by atoms with Gasteiger partial charge in [-0.05, 0) is 29.3 Å². The van der Waals surface area contributed by atoms with Crippen molar-refractivity contribution in [3.05, 3.63) is 102 Å². The Kier molecular flexibility index (Phi) is 4.32. The molecule has 4 aromatic rings. The van der Waals surface area contributed by atoms with Crippen LogP contribution < -0.4 is 4.72 Å². The van der Waals surface area contributed by atoms with Crippen LogP contribution in [0, 0.1) is 0 Å². The predicted molar refractivity (Wildman–Crippen MR) is 103 cm³/mol. The maximum absolute atomic E-state index is 12.9. The van der Waals surface area contributed by atoms with E-state index < -0.39 is 16.1 Å². The molecule has 0 fully saturated rings. The van der Waals surface area contributed by atoms with E-state index in [0.29, 0.717) is 0 Å². The predicted octanol–water partition coefficient (Wildman–Crippen LogP) is 4.24. The van der Waals surface area contributed by atoms with Gasteiger partial charge in [-0.25, -0.2) is 8.42 Å². The average Bonchev–Trinajstić information content (AvgIpc) is 3.11. The quantitative estimate of drug-likeness (QED) is 0.558. The second-order valence-corrected chi connectivity index (χ2v) is 7.78. The number of para-hydroxylation sites is 1. The number of H-pyrrole nitrogens is 1. The summed E-state index contributed by atoms with van der Waals surface area (Å²) in [7, 11) is -3.67. The Morgan fingerprint density at radius 2 is 1.38 bits per heavy atom. The van der Waals surface area contributed by atoms with Crippen molar-refractivity contribution in [2.75, 3.05) is 0 Å². The van der Waals surface area contributed by atoms with Gasteiger partial charge >= 0.3 is 0 Å². The molecule has 0 amide bonds. The van der Waals surface area contributed by atoms with E-state index in [-0.39, 0.29) is 4.90 Å². The normalized spacial score (nSPS) is 12.9. The zero-order valence-corrected chi connectivity index (χ0v) is 14.8. The Hall–Kier alpha value is -2.89. The highest BCUT2D eigenvalue weighted by Gasteiger charge is 2.24. The lowest BCUT2D eigenvalue weighted by molar-refractivity contribution is 0.572. The van der Waals surface area contributed by atoms with Crippen molar-refractivity contribution in [3.8, 4) is 0 Å². The summed E-state index contributed by atoms with van der Waals surface area (Å²) in [5, 5.41) is 0.997. The molecule has 0 saturated carbocycles. The van der Waals surface area contributed by atoms with Crippen LogP contribution in [0.2, 0.25) is 0 Å². The van der Waals surface area contributed by atoms with Crippen molar-refractivity contribution in [2.45, 2.75) is 10.9 Å². The summed E-state index contributed by atoms with van der Waals surface area (Å²) < 4.78 is 28.7. The Morgan fingerprint density at radius 1 is 0.769 bits per heavy atom. The topological polar surface area (TPSA) is 62.0 Å². The fourth-order valence-electron chi connectivity index (χ4n) is 3.11. The van der Waals surface area contributed by atoms with Gasteiger partial charge in [0.05, 0.1) is 10.9 Å². The Labute approximate surface area is 152 Å². The summed E-state index contributed by atoms with van der Waals surface area (Å²) in [6.45, 7) is 0. The molecule has 0 aliphatic carbocycles. The van der Waals surface area contributed by atoms with E-state index in [2.05, 4.69) is 9.71 Å². The van der Waals surface area contributed by atoms with Crippen LogP contribution in [0.1, 0.15) is 17.2 Å². The summed E-state index contributed by atoms with van der Waals surface area (Å²) in [5.41, 5.74) is 2.76. The maximum atomic E-state index is 12.9. The van der Waals surface area contributed by atoms with E-state index >= 15 is 0 Å². The van der Waals surface area contributed by atoms with Crippen molar-refractivity contribution in [1.82, 2.24) is 9.71 Å². The standard InChI is InChI=1S/C21H18N2O2S/c24-26(25,17-11-5-2-6-12-17)23-21(16-9-3-1-4-10-16)19-15-22-20-14-8-7-13-18(19)20/h1-15,21-23H/t21-/m0/s1. The monoisotopic (exact) mass is 362 g/mol. The number of rotatable bonds is 5. The first-order valence-electron chi connectivity index (χ1n) is 8.33. The van der Waals surface area contributed by atoms with Crippen LogP contribution >= 0.6 is 0 Å². The Morgan fingerprint density at radius 3 is 2.12 bits per heavy atom. The number of hydrogen-bond donors (Lipinski definition) is 2. The SMILES string of the molecule is O=S(=O)(N[C@@H](c1ccccc1)c1c[nH]c2ccccc12)c1ccccc1. The lowest BCUT2D eigenvalue weighted by Crippen LogP contribution is -2.29. The van der Waals surface area contributed by atoms with Crippen molar-refractivity contribution in [1.29, 1.82) is 0 Å². The fraction of sp³-hybridized carbons (Fsp3) is 0.0476. The first-order chi connectivity index (χ1) is 12.6. The van der Waals surface area contributed by atoms with E-state index in [1.807, 2.05) is 60.8 Å². The molecule has 4 rings (SSSR count). The van der Waals surface area contributed by atoms with E-state index in [1.165, 1.54) is 0 Å². The van der Waals surface area contributed by atoms with Gasteiger partial charge in [-0.3, -0.25) is 0 Å². The van der Waals surface area contributed by atoms with Crippen LogP contribution in [-0.2, 0) is 10.0 Å². The lowest BCUT2D eigenvalue weighted by Gasteiger charge is -2.19. The Bertz CT molecular complexity index is 1120. The zero-order chi connectivity index (χ0) is 18.0. The van der Waals surface area contributed by atoms with Gasteiger partial charge in [0.1, 0.15) is 0 Å². The third-order valence-corrected chi connectivity index (χ3v) is 5.83. The van der Waals surface area contributed by atoms with Crippen LogP contribution in [0.3, 0.4) is 0 Å². The smallest absolute Gasteiger partial charge is 0.241 e. The molecule has 130 valence electrons. The first kappa shape index (κ1) is 16.6. The second-order valence-electron chi connectivity index (χ2n) is 6.07. The second kappa shape index (κ2) is 6.78. The van der Waals surface area contributed by atoms with Gasteiger partial charge in [-0.15, -0.1) is 0 Å². The minimum absolute atomic E-state index is 0.251. The van der Waals surface area contributed by atoms with Gasteiger partial charge in [-0.1, -0.05) is 66.7 Å². The number of sulfonamides is 1. The van der Waals surface area contributed by atoms with Crippen molar-refractivity contribution in [3.63, 3.8) is 0 Å². The summed E-state index contributed by atoms with van der Waals surface area (Å²) in [6.07, 6.45) is 1.87. The third kappa shape index (κ3) is 3.14. The van der Waals surface area contributed by atoms with Gasteiger partial charge in [-0.2, -0.15) is 4.72 Å². The highest BCUT2D eigenvalue weighted by Crippen LogP contribution is 2.30. The van der Waals surface area contributed by atoms with E-state index in [4.69, 9.17) is 0 Å². The minimum atomic E-state index is -3.67. The molecule has 0 aliphatic heterocycles. The van der Waals surface area contributed by atoms with Crippen molar-refractivity contribution < 1.29 is 8.42 Å². The molecule has 2 N–H and O–H groups in total. The maximum Gasteiger partial charge on any atom is 0.241 e. The summed E-state index contributed by atoms with van der Waals surface area (Å²) in [6, 6.07) is 25.4. The lowest BCUT2D eigenvalue weighted by atomic mass is 9.99. The fourth-order valence-corrected chi connectivity index (χ4v) is 4.34. The van der Waals surface area contributed by atoms with Gasteiger partial charge in [0, 0.05) is 17.1 Å². The molecule has 1 atom stereocenters. The highest BCUT2D eigenvalue weighted by atomic mass is 32.2. The third-order valence-electron chi connectivity index (χ3n) is 4.39. The molecule has 0 saturated heterocycles. The summed E-state index contributed by atoms with van der Waals surface area (Å²) in [5.74, 6) is 0. The average molecular weight is 362 g/mol. The molecular weight excluding hydrogens is 344 g/mol. The van der Waals surface area contributed by atoms with Crippen LogP contribution in [0.4, 0.5) is 0 Å². The summed E-state index contributed by atoms with van der Waals surface area (Å²) >= 11 is 0. The Balaban J connectivity index is 1.82. The van der Waals surface area contributed by atoms with Gasteiger partial charge < -0.3 is 4.98 Å². The number of aromatic nitrogens is 1. The number of aromatic amines is 1. The van der Waals surface area contributed by atoms with Crippen molar-refractivity contribution >= 4 is 20.9 Å². The molecule has 1 aromatic heterocycles. The first-order valence-corrected chi connectivity index (χ1v) is 9.82. The highest BCUT2D eigenvalue weighted by molar-refractivity contribution is 7.89. The molecule has 3 aromatic carbocycles. The van der Waals surface area contributed by atoms with E-state index in [0.717, 1.165) is 22.0 Å². The van der Waals surface area contributed by atoms with Gasteiger partial charge in [0.25, 0.3) is 0 Å². The number of benzene rings is 3. The molecule has 26 heavy (non-hydrogen) atoms. The molecule has 5 heteroatoms. The number of nitrogens with one attached hydrogen (secondary N) is 2. The van der Waals surface area contributed by atoms with E-state index in [1.54, 1.807) is 30.3 Å². The van der Waals surface area contributed by atoms with Crippen LogP contribution in [0.25, 0.3) is 10.9 Å². The van der Waals surface area contributed by atoms with Gasteiger partial charge in [0.2, 0.25) is 10.0 Å². The van der Waals surface area contributed by atoms with Crippen LogP contribution in [0.15, 0.2) is 96.0 Å². The van der Waals surface area contributed by atoms with E-state index in [9.17, 15) is 8.42 Å². The molecular formula is C21H18N2O2S.